The zero-order chi connectivity index (χ0) is 13.1. The molecule has 0 heterocycles. The Balaban J connectivity index is 2.35. The van der Waals surface area contributed by atoms with Crippen LogP contribution in [0.15, 0.2) is 36.4 Å². The molecule has 5 heteroatoms. The molecule has 0 spiro atoms. The Kier molecular flexibility index (Phi) is 3.14. The fourth-order valence-electron chi connectivity index (χ4n) is 1.70. The van der Waals surface area contributed by atoms with Gasteiger partial charge in [0.15, 0.2) is 0 Å². The van der Waals surface area contributed by atoms with E-state index in [2.05, 4.69) is 5.32 Å². The molecule has 2 aromatic rings. The molecule has 0 bridgehead atoms. The van der Waals surface area contributed by atoms with Gasteiger partial charge in [-0.25, -0.2) is 0 Å². The average Bonchev–Trinajstić information content (AvgIpc) is 2.28. The Labute approximate surface area is 103 Å². The summed E-state index contributed by atoms with van der Waals surface area (Å²) >= 11 is 0. The monoisotopic (exact) mass is 245 g/mol. The number of carbonyl (C=O) groups is 2. The molecule has 0 saturated heterocycles. The number of benzene rings is 2. The highest BCUT2D eigenvalue weighted by Crippen LogP contribution is 2.26. The van der Waals surface area contributed by atoms with Gasteiger partial charge >= 0.3 is 5.97 Å². The minimum atomic E-state index is -1.18. The van der Waals surface area contributed by atoms with Crippen molar-refractivity contribution in [2.24, 2.45) is 0 Å². The van der Waals surface area contributed by atoms with Crippen LogP contribution in [0.3, 0.4) is 0 Å². The number of phenols is 1. The number of amides is 1. The molecule has 92 valence electrons. The van der Waals surface area contributed by atoms with Crippen LogP contribution >= 0.6 is 0 Å². The van der Waals surface area contributed by atoms with Gasteiger partial charge in [0.25, 0.3) is 0 Å². The smallest absolute Gasteiger partial charge is 0.312 e. The van der Waals surface area contributed by atoms with Crippen molar-refractivity contribution >= 4 is 28.3 Å². The molecular formula is C13H11NO4. The van der Waals surface area contributed by atoms with E-state index in [1.54, 1.807) is 24.3 Å². The number of aromatic hydroxyl groups is 1. The topological polar surface area (TPSA) is 86.6 Å². The molecule has 2 aromatic carbocycles. The third-order valence-corrected chi connectivity index (χ3v) is 2.45. The van der Waals surface area contributed by atoms with Crippen LogP contribution in [0, 0.1) is 0 Å². The number of nitrogens with one attached hydrogen (secondary N) is 1. The molecule has 3 N–H and O–H groups in total. The number of fused-ring (bicyclic) bond motifs is 1. The van der Waals surface area contributed by atoms with Gasteiger partial charge in [0, 0.05) is 11.1 Å². The lowest BCUT2D eigenvalue weighted by atomic mass is 10.1. The van der Waals surface area contributed by atoms with E-state index >= 15 is 0 Å². The summed E-state index contributed by atoms with van der Waals surface area (Å²) in [5.74, 6) is -1.70. The van der Waals surface area contributed by atoms with E-state index in [4.69, 9.17) is 5.11 Å². The van der Waals surface area contributed by atoms with Crippen molar-refractivity contribution in [3.8, 4) is 5.75 Å². The normalized spacial score (nSPS) is 10.2. The third-order valence-electron chi connectivity index (χ3n) is 2.45. The quantitative estimate of drug-likeness (QED) is 0.721. The number of hydrogen-bond acceptors (Lipinski definition) is 3. The Morgan fingerprint density at radius 3 is 2.67 bits per heavy atom. The zero-order valence-electron chi connectivity index (χ0n) is 9.38. The summed E-state index contributed by atoms with van der Waals surface area (Å²) in [6.45, 7) is 0. The van der Waals surface area contributed by atoms with E-state index in [0.717, 1.165) is 5.39 Å². The Morgan fingerprint density at radius 2 is 1.94 bits per heavy atom. The van der Waals surface area contributed by atoms with Crippen molar-refractivity contribution in [1.29, 1.82) is 0 Å². The Hall–Kier alpha value is -2.56. The van der Waals surface area contributed by atoms with E-state index in [1.165, 1.54) is 6.07 Å². The predicted molar refractivity (Wildman–Crippen MR) is 66.5 cm³/mol. The fourth-order valence-corrected chi connectivity index (χ4v) is 1.70. The number of carboxylic acid groups (broad SMARTS) is 1. The molecule has 0 aliphatic heterocycles. The fraction of sp³-hybridized carbons (Fsp3) is 0.0769. The second-order valence-electron chi connectivity index (χ2n) is 3.83. The molecule has 0 atom stereocenters. The minimum Gasteiger partial charge on any atom is -0.508 e. The van der Waals surface area contributed by atoms with E-state index in [-0.39, 0.29) is 5.75 Å². The van der Waals surface area contributed by atoms with Crippen molar-refractivity contribution in [3.05, 3.63) is 36.4 Å². The molecule has 0 aromatic heterocycles. The molecule has 0 aliphatic rings. The van der Waals surface area contributed by atoms with Crippen LogP contribution in [0.2, 0.25) is 0 Å². The van der Waals surface area contributed by atoms with E-state index in [1.807, 2.05) is 6.07 Å². The third kappa shape index (κ3) is 2.57. The number of hydrogen-bond donors (Lipinski definition) is 3. The average molecular weight is 245 g/mol. The lowest BCUT2D eigenvalue weighted by Gasteiger charge is -2.08. The van der Waals surface area contributed by atoms with Gasteiger partial charge in [-0.1, -0.05) is 18.2 Å². The molecule has 5 nitrogen and oxygen atoms in total. The van der Waals surface area contributed by atoms with Crippen LogP contribution in [0.1, 0.15) is 6.42 Å². The number of carbonyl (C=O) groups excluding carboxylic acids is 1. The lowest BCUT2D eigenvalue weighted by Crippen LogP contribution is -2.16. The summed E-state index contributed by atoms with van der Waals surface area (Å²) < 4.78 is 0. The molecule has 0 radical (unpaired) electrons. The molecule has 0 unspecified atom stereocenters. The van der Waals surface area contributed by atoms with Crippen molar-refractivity contribution in [1.82, 2.24) is 0 Å². The van der Waals surface area contributed by atoms with Gasteiger partial charge in [0.05, 0.1) is 0 Å². The first-order chi connectivity index (χ1) is 8.56. The summed E-state index contributed by atoms with van der Waals surface area (Å²) in [7, 11) is 0. The van der Waals surface area contributed by atoms with Crippen molar-refractivity contribution in [3.63, 3.8) is 0 Å². The summed E-state index contributed by atoms with van der Waals surface area (Å²) in [4.78, 5) is 21.8. The number of anilines is 1. The van der Waals surface area contributed by atoms with E-state index in [9.17, 15) is 14.7 Å². The van der Waals surface area contributed by atoms with Crippen LogP contribution in [0.4, 0.5) is 5.69 Å². The molecule has 2 rings (SSSR count). The van der Waals surface area contributed by atoms with Gasteiger partial charge in [0.2, 0.25) is 5.91 Å². The SMILES string of the molecule is O=C(O)CC(=O)Nc1cccc2ccc(O)cc12. The van der Waals surface area contributed by atoms with Crippen LogP contribution in [-0.2, 0) is 9.59 Å². The summed E-state index contributed by atoms with van der Waals surface area (Å²) in [6.07, 6.45) is -0.588. The number of rotatable bonds is 3. The van der Waals surface area contributed by atoms with Gasteiger partial charge in [-0.3, -0.25) is 9.59 Å². The first-order valence-corrected chi connectivity index (χ1v) is 5.29. The highest BCUT2D eigenvalue weighted by atomic mass is 16.4. The molecule has 0 aliphatic carbocycles. The number of aliphatic carboxylic acids is 1. The van der Waals surface area contributed by atoms with Crippen molar-refractivity contribution in [2.45, 2.75) is 6.42 Å². The molecular weight excluding hydrogens is 234 g/mol. The molecule has 0 saturated carbocycles. The maximum atomic E-state index is 11.4. The van der Waals surface area contributed by atoms with Crippen molar-refractivity contribution in [2.75, 3.05) is 5.32 Å². The van der Waals surface area contributed by atoms with Crippen LogP contribution in [0.5, 0.6) is 5.75 Å². The van der Waals surface area contributed by atoms with Crippen LogP contribution in [0.25, 0.3) is 10.8 Å². The van der Waals surface area contributed by atoms with Gasteiger partial charge in [0.1, 0.15) is 12.2 Å². The van der Waals surface area contributed by atoms with Gasteiger partial charge in [-0.2, -0.15) is 0 Å². The predicted octanol–water partition coefficient (Wildman–Crippen LogP) is 1.96. The van der Waals surface area contributed by atoms with Crippen LogP contribution < -0.4 is 5.32 Å². The first kappa shape index (κ1) is 11.9. The maximum absolute atomic E-state index is 11.4. The maximum Gasteiger partial charge on any atom is 0.312 e. The van der Waals surface area contributed by atoms with Crippen LogP contribution in [-0.4, -0.2) is 22.1 Å². The summed E-state index contributed by atoms with van der Waals surface area (Å²) in [6, 6.07) is 10.0. The highest BCUT2D eigenvalue weighted by Gasteiger charge is 2.09. The first-order valence-electron chi connectivity index (χ1n) is 5.29. The Bertz CT molecular complexity index is 621. The molecule has 18 heavy (non-hydrogen) atoms. The van der Waals surface area contributed by atoms with E-state index < -0.39 is 18.3 Å². The highest BCUT2D eigenvalue weighted by molar-refractivity contribution is 6.06. The molecule has 1 amide bonds. The Morgan fingerprint density at radius 1 is 1.17 bits per heavy atom. The van der Waals surface area contributed by atoms with Gasteiger partial charge < -0.3 is 15.5 Å². The van der Waals surface area contributed by atoms with Gasteiger partial charge in [-0.05, 0) is 23.6 Å². The summed E-state index contributed by atoms with van der Waals surface area (Å²) in [5.41, 5.74) is 0.481. The number of carboxylic acids is 1. The van der Waals surface area contributed by atoms with Gasteiger partial charge in [-0.15, -0.1) is 0 Å². The van der Waals surface area contributed by atoms with Crippen molar-refractivity contribution < 1.29 is 19.8 Å². The minimum absolute atomic E-state index is 0.0856. The lowest BCUT2D eigenvalue weighted by molar-refractivity contribution is -0.139. The standard InChI is InChI=1S/C13H11NO4/c15-9-5-4-8-2-1-3-11(10(8)6-9)14-12(16)7-13(17)18/h1-6,15H,7H2,(H,14,16)(H,17,18). The number of phenolic OH excluding ortho intramolecular Hbond substituents is 1. The summed E-state index contributed by atoms with van der Waals surface area (Å²) in [5, 5.41) is 22.0. The zero-order valence-corrected chi connectivity index (χ0v) is 9.38. The second-order valence-corrected chi connectivity index (χ2v) is 3.83. The molecule has 0 fully saturated rings. The second kappa shape index (κ2) is 4.75. The van der Waals surface area contributed by atoms with E-state index in [0.29, 0.717) is 11.1 Å². The largest absolute Gasteiger partial charge is 0.508 e.